The van der Waals surface area contributed by atoms with E-state index in [0.29, 0.717) is 0 Å². The third-order valence-electron chi connectivity index (χ3n) is 4.29. The van der Waals surface area contributed by atoms with E-state index in [-0.39, 0.29) is 0 Å². The van der Waals surface area contributed by atoms with E-state index in [1.807, 2.05) is 6.20 Å². The van der Waals surface area contributed by atoms with Crippen LogP contribution in [0.5, 0.6) is 0 Å². The zero-order valence-corrected chi connectivity index (χ0v) is 12.8. The van der Waals surface area contributed by atoms with E-state index < -0.39 is 0 Å². The predicted molar refractivity (Wildman–Crippen MR) is 94.2 cm³/mol. The first kappa shape index (κ1) is 13.0. The quantitative estimate of drug-likeness (QED) is 0.410. The maximum absolute atomic E-state index is 4.65. The van der Waals surface area contributed by atoms with Gasteiger partial charge >= 0.3 is 0 Å². The highest BCUT2D eigenvalue weighted by Crippen LogP contribution is 2.33. The average molecular weight is 283 g/mol. The second-order valence-corrected chi connectivity index (χ2v) is 5.86. The molecule has 4 aromatic rings. The fraction of sp³-hybridized carbons (Fsp3) is 0.0952. The standard InChI is InChI=1S/C21H17N/c1-14-5-3-8-17(13-14)21-19-10-9-16-7-4-6-15(2)20(16)18(19)11-12-22-21/h3-13H,1-2H3. The van der Waals surface area contributed by atoms with Crippen LogP contribution in [-0.4, -0.2) is 4.98 Å². The first-order chi connectivity index (χ1) is 10.7. The summed E-state index contributed by atoms with van der Waals surface area (Å²) in [5.74, 6) is 0. The summed E-state index contributed by atoms with van der Waals surface area (Å²) in [6, 6.07) is 21.5. The zero-order chi connectivity index (χ0) is 15.1. The Morgan fingerprint density at radius 1 is 0.773 bits per heavy atom. The molecule has 0 amide bonds. The van der Waals surface area contributed by atoms with Crippen LogP contribution in [0, 0.1) is 13.8 Å². The van der Waals surface area contributed by atoms with Gasteiger partial charge in [0.05, 0.1) is 5.69 Å². The Balaban J connectivity index is 2.12. The van der Waals surface area contributed by atoms with Gasteiger partial charge in [0.25, 0.3) is 0 Å². The molecule has 0 bridgehead atoms. The summed E-state index contributed by atoms with van der Waals surface area (Å²) >= 11 is 0. The smallest absolute Gasteiger partial charge is 0.0780 e. The Labute approximate surface area is 130 Å². The molecule has 1 heteroatoms. The van der Waals surface area contributed by atoms with Gasteiger partial charge in [-0.1, -0.05) is 54.1 Å². The average Bonchev–Trinajstić information content (AvgIpc) is 2.54. The molecular formula is C21H17N. The Bertz CT molecular complexity index is 999. The number of aryl methyl sites for hydroxylation is 2. The largest absolute Gasteiger partial charge is 0.256 e. The molecule has 0 saturated heterocycles. The summed E-state index contributed by atoms with van der Waals surface area (Å²) in [5.41, 5.74) is 4.81. The molecule has 0 aliphatic heterocycles. The molecule has 0 aliphatic carbocycles. The van der Waals surface area contributed by atoms with Crippen LogP contribution >= 0.6 is 0 Å². The molecule has 106 valence electrons. The molecule has 1 nitrogen and oxygen atoms in total. The lowest BCUT2D eigenvalue weighted by Crippen LogP contribution is -1.89. The maximum atomic E-state index is 4.65. The minimum atomic E-state index is 1.06. The van der Waals surface area contributed by atoms with Crippen molar-refractivity contribution in [1.29, 1.82) is 0 Å². The lowest BCUT2D eigenvalue weighted by molar-refractivity contribution is 1.35. The lowest BCUT2D eigenvalue weighted by atomic mass is 9.96. The van der Waals surface area contributed by atoms with Crippen molar-refractivity contribution in [2.75, 3.05) is 0 Å². The molecule has 3 aromatic carbocycles. The second kappa shape index (κ2) is 4.96. The number of hydrogen-bond acceptors (Lipinski definition) is 1. The predicted octanol–water partition coefficient (Wildman–Crippen LogP) is 5.67. The topological polar surface area (TPSA) is 12.9 Å². The van der Waals surface area contributed by atoms with Gasteiger partial charge in [-0.15, -0.1) is 0 Å². The molecule has 4 rings (SSSR count). The van der Waals surface area contributed by atoms with Crippen LogP contribution in [0.4, 0.5) is 0 Å². The highest BCUT2D eigenvalue weighted by molar-refractivity contribution is 6.12. The van der Waals surface area contributed by atoms with Gasteiger partial charge in [0.15, 0.2) is 0 Å². The maximum Gasteiger partial charge on any atom is 0.0780 e. The Hall–Kier alpha value is -2.67. The zero-order valence-electron chi connectivity index (χ0n) is 12.8. The Morgan fingerprint density at radius 2 is 1.64 bits per heavy atom. The van der Waals surface area contributed by atoms with Gasteiger partial charge in [0.2, 0.25) is 0 Å². The van der Waals surface area contributed by atoms with Gasteiger partial charge in [-0.2, -0.15) is 0 Å². The molecule has 22 heavy (non-hydrogen) atoms. The van der Waals surface area contributed by atoms with Crippen molar-refractivity contribution in [2.45, 2.75) is 13.8 Å². The number of pyridine rings is 1. The molecule has 0 radical (unpaired) electrons. The third kappa shape index (κ3) is 1.98. The lowest BCUT2D eigenvalue weighted by Gasteiger charge is -2.10. The second-order valence-electron chi connectivity index (χ2n) is 5.86. The number of nitrogens with zero attached hydrogens (tertiary/aromatic N) is 1. The fourth-order valence-corrected chi connectivity index (χ4v) is 3.25. The van der Waals surface area contributed by atoms with E-state index in [4.69, 9.17) is 0 Å². The molecule has 1 aromatic heterocycles. The van der Waals surface area contributed by atoms with Crippen molar-refractivity contribution < 1.29 is 0 Å². The molecule has 0 N–H and O–H groups in total. The van der Waals surface area contributed by atoms with E-state index in [2.05, 4.69) is 79.5 Å². The van der Waals surface area contributed by atoms with E-state index in [1.165, 1.54) is 38.2 Å². The summed E-state index contributed by atoms with van der Waals surface area (Å²) in [7, 11) is 0. The molecule has 1 heterocycles. The van der Waals surface area contributed by atoms with Crippen LogP contribution in [0.2, 0.25) is 0 Å². The highest BCUT2D eigenvalue weighted by atomic mass is 14.7. The van der Waals surface area contributed by atoms with E-state index >= 15 is 0 Å². The van der Waals surface area contributed by atoms with Crippen LogP contribution in [0.3, 0.4) is 0 Å². The molecule has 0 unspecified atom stereocenters. The number of rotatable bonds is 1. The molecule has 0 aliphatic rings. The summed E-state index contributed by atoms with van der Waals surface area (Å²) in [6.45, 7) is 4.29. The SMILES string of the molecule is Cc1cccc(-c2nccc3c2ccc2cccc(C)c23)c1. The first-order valence-corrected chi connectivity index (χ1v) is 7.58. The van der Waals surface area contributed by atoms with Gasteiger partial charge in [-0.25, -0.2) is 0 Å². The van der Waals surface area contributed by atoms with Crippen molar-refractivity contribution in [1.82, 2.24) is 4.98 Å². The number of fused-ring (bicyclic) bond motifs is 3. The van der Waals surface area contributed by atoms with Gasteiger partial charge in [-0.3, -0.25) is 4.98 Å². The molecular weight excluding hydrogens is 266 g/mol. The van der Waals surface area contributed by atoms with Crippen LogP contribution < -0.4 is 0 Å². The van der Waals surface area contributed by atoms with Crippen molar-refractivity contribution in [3.8, 4) is 11.3 Å². The van der Waals surface area contributed by atoms with Crippen LogP contribution in [0.1, 0.15) is 11.1 Å². The van der Waals surface area contributed by atoms with Gasteiger partial charge in [0, 0.05) is 17.1 Å². The highest BCUT2D eigenvalue weighted by Gasteiger charge is 2.09. The monoisotopic (exact) mass is 283 g/mol. The molecule has 0 atom stereocenters. The fourth-order valence-electron chi connectivity index (χ4n) is 3.25. The summed E-state index contributed by atoms with van der Waals surface area (Å²) in [6.07, 6.45) is 1.92. The van der Waals surface area contributed by atoms with Gasteiger partial charge in [-0.05, 0) is 47.7 Å². The van der Waals surface area contributed by atoms with Crippen LogP contribution in [0.25, 0.3) is 32.8 Å². The van der Waals surface area contributed by atoms with Crippen LogP contribution in [-0.2, 0) is 0 Å². The Kier molecular flexibility index (Phi) is 2.93. The van der Waals surface area contributed by atoms with Gasteiger partial charge < -0.3 is 0 Å². The first-order valence-electron chi connectivity index (χ1n) is 7.58. The summed E-state index contributed by atoms with van der Waals surface area (Å²) in [4.78, 5) is 4.65. The van der Waals surface area contributed by atoms with E-state index in [0.717, 1.165) is 5.69 Å². The molecule has 0 saturated carbocycles. The minimum absolute atomic E-state index is 1.06. The number of aromatic nitrogens is 1. The molecule has 0 fully saturated rings. The number of benzene rings is 3. The van der Waals surface area contributed by atoms with E-state index in [1.54, 1.807) is 0 Å². The number of hydrogen-bond donors (Lipinski definition) is 0. The van der Waals surface area contributed by atoms with Crippen molar-refractivity contribution in [2.24, 2.45) is 0 Å². The molecule has 0 spiro atoms. The van der Waals surface area contributed by atoms with Gasteiger partial charge in [0.1, 0.15) is 0 Å². The normalized spacial score (nSPS) is 11.2. The third-order valence-corrected chi connectivity index (χ3v) is 4.29. The van der Waals surface area contributed by atoms with Crippen molar-refractivity contribution in [3.63, 3.8) is 0 Å². The van der Waals surface area contributed by atoms with Crippen LogP contribution in [0.15, 0.2) is 66.9 Å². The summed E-state index contributed by atoms with van der Waals surface area (Å²) < 4.78 is 0. The minimum Gasteiger partial charge on any atom is -0.256 e. The van der Waals surface area contributed by atoms with Crippen molar-refractivity contribution >= 4 is 21.5 Å². The van der Waals surface area contributed by atoms with Crippen molar-refractivity contribution in [3.05, 3.63) is 78.0 Å². The Morgan fingerprint density at radius 3 is 2.50 bits per heavy atom. The van der Waals surface area contributed by atoms with E-state index in [9.17, 15) is 0 Å². The summed E-state index contributed by atoms with van der Waals surface area (Å²) in [5, 5.41) is 5.11.